The van der Waals surface area contributed by atoms with Crippen LogP contribution in [0.15, 0.2) is 22.7 Å². The van der Waals surface area contributed by atoms with Crippen LogP contribution in [-0.2, 0) is 6.42 Å². The van der Waals surface area contributed by atoms with Gasteiger partial charge in [-0.25, -0.2) is 4.39 Å². The number of hydrogen-bond acceptors (Lipinski definition) is 2. The lowest BCUT2D eigenvalue weighted by Gasteiger charge is -2.02. The Hall–Kier alpha value is -0.330. The second kappa shape index (κ2) is 6.21. The molecule has 1 heterocycles. The molecular weight excluding hydrogens is 391 g/mol. The van der Waals surface area contributed by atoms with E-state index in [4.69, 9.17) is 27.7 Å². The highest BCUT2D eigenvalue weighted by Crippen LogP contribution is 2.34. The van der Waals surface area contributed by atoms with E-state index in [1.165, 1.54) is 6.07 Å². The third kappa shape index (κ3) is 2.81. The van der Waals surface area contributed by atoms with Crippen molar-refractivity contribution < 1.29 is 8.91 Å². The van der Waals surface area contributed by atoms with Crippen LogP contribution >= 0.6 is 45.8 Å². The lowest BCUT2D eigenvalue weighted by Crippen LogP contribution is -1.90. The standard InChI is InChI=1S/C12H9Cl2FINO/c13-6-2-5-9-11(16)12(17-18-9)10-7(14)3-1-4-8(10)15/h1,3-4H,2,5-6H2. The van der Waals surface area contributed by atoms with Crippen LogP contribution in [0.25, 0.3) is 11.3 Å². The van der Waals surface area contributed by atoms with Crippen molar-refractivity contribution in [2.45, 2.75) is 12.8 Å². The van der Waals surface area contributed by atoms with Crippen molar-refractivity contribution in [1.29, 1.82) is 0 Å². The Morgan fingerprint density at radius 1 is 1.39 bits per heavy atom. The molecule has 0 aliphatic rings. The molecule has 1 aromatic carbocycles. The summed E-state index contributed by atoms with van der Waals surface area (Å²) < 4.78 is 19.8. The van der Waals surface area contributed by atoms with Crippen LogP contribution in [0.2, 0.25) is 5.02 Å². The van der Waals surface area contributed by atoms with E-state index in [1.54, 1.807) is 12.1 Å². The summed E-state index contributed by atoms with van der Waals surface area (Å²) in [5.74, 6) is 0.857. The molecule has 0 spiro atoms. The van der Waals surface area contributed by atoms with Crippen molar-refractivity contribution in [3.05, 3.63) is 38.4 Å². The average molecular weight is 400 g/mol. The van der Waals surface area contributed by atoms with Gasteiger partial charge >= 0.3 is 0 Å². The zero-order valence-electron chi connectivity index (χ0n) is 9.22. The van der Waals surface area contributed by atoms with Crippen LogP contribution in [0.3, 0.4) is 0 Å². The molecule has 0 radical (unpaired) electrons. The van der Waals surface area contributed by atoms with Crippen LogP contribution in [0, 0.1) is 9.39 Å². The number of aryl methyl sites for hydroxylation is 1. The molecule has 0 unspecified atom stereocenters. The Balaban J connectivity index is 2.43. The molecule has 0 bridgehead atoms. The van der Waals surface area contributed by atoms with Crippen LogP contribution in [0.1, 0.15) is 12.2 Å². The van der Waals surface area contributed by atoms with Gasteiger partial charge in [0.2, 0.25) is 0 Å². The van der Waals surface area contributed by atoms with Crippen LogP contribution in [0.4, 0.5) is 4.39 Å². The Kier molecular flexibility index (Phi) is 4.86. The number of halogens is 4. The molecule has 6 heteroatoms. The third-order valence-electron chi connectivity index (χ3n) is 2.44. The number of hydrogen-bond donors (Lipinski definition) is 0. The first-order chi connectivity index (χ1) is 8.65. The number of rotatable bonds is 4. The third-order valence-corrected chi connectivity index (χ3v) is 4.13. The minimum atomic E-state index is -0.405. The quantitative estimate of drug-likeness (QED) is 0.539. The van der Waals surface area contributed by atoms with Crippen molar-refractivity contribution in [3.63, 3.8) is 0 Å². The molecule has 0 fully saturated rings. The molecule has 96 valence electrons. The zero-order chi connectivity index (χ0) is 13.1. The van der Waals surface area contributed by atoms with Crippen molar-refractivity contribution in [2.24, 2.45) is 0 Å². The van der Waals surface area contributed by atoms with Crippen LogP contribution < -0.4 is 0 Å². The Morgan fingerprint density at radius 2 is 2.17 bits per heavy atom. The maximum Gasteiger partial charge on any atom is 0.150 e. The number of alkyl halides is 1. The first kappa shape index (κ1) is 14.1. The maximum atomic E-state index is 13.8. The minimum Gasteiger partial charge on any atom is -0.360 e. The SMILES string of the molecule is Fc1cccc(Cl)c1-c1noc(CCCCl)c1I. The van der Waals surface area contributed by atoms with Crippen molar-refractivity contribution in [1.82, 2.24) is 5.16 Å². The van der Waals surface area contributed by atoms with Gasteiger partial charge in [0, 0.05) is 12.3 Å². The molecule has 0 amide bonds. The van der Waals surface area contributed by atoms with E-state index in [1.807, 2.05) is 0 Å². The monoisotopic (exact) mass is 399 g/mol. The molecule has 2 nitrogen and oxygen atoms in total. The minimum absolute atomic E-state index is 0.282. The molecule has 0 aliphatic carbocycles. The summed E-state index contributed by atoms with van der Waals surface area (Å²) in [6.45, 7) is 0. The zero-order valence-corrected chi connectivity index (χ0v) is 12.9. The Morgan fingerprint density at radius 3 is 2.83 bits per heavy atom. The fraction of sp³-hybridized carbons (Fsp3) is 0.250. The van der Waals surface area contributed by atoms with Gasteiger partial charge in [-0.05, 0) is 41.1 Å². The van der Waals surface area contributed by atoms with Crippen molar-refractivity contribution >= 4 is 45.8 Å². The molecular formula is C12H9Cl2FINO. The lowest BCUT2D eigenvalue weighted by molar-refractivity contribution is 0.383. The Labute approximate surface area is 128 Å². The van der Waals surface area contributed by atoms with E-state index < -0.39 is 5.82 Å². The summed E-state index contributed by atoms with van der Waals surface area (Å²) >= 11 is 13.7. The molecule has 0 atom stereocenters. The molecule has 0 saturated heterocycles. The van der Waals surface area contributed by atoms with Gasteiger partial charge in [0.15, 0.2) is 5.76 Å². The average Bonchev–Trinajstić information content (AvgIpc) is 2.69. The molecule has 1 aromatic heterocycles. The van der Waals surface area contributed by atoms with Crippen LogP contribution in [-0.4, -0.2) is 11.0 Å². The van der Waals surface area contributed by atoms with Crippen LogP contribution in [0.5, 0.6) is 0 Å². The Bertz CT molecular complexity index is 539. The van der Waals surface area contributed by atoms with Gasteiger partial charge in [-0.3, -0.25) is 0 Å². The van der Waals surface area contributed by atoms with Gasteiger partial charge < -0.3 is 4.52 Å². The van der Waals surface area contributed by atoms with E-state index in [-0.39, 0.29) is 5.56 Å². The fourth-order valence-electron chi connectivity index (χ4n) is 1.58. The fourth-order valence-corrected chi connectivity index (χ4v) is 2.70. The molecule has 2 aromatic rings. The summed E-state index contributed by atoms with van der Waals surface area (Å²) in [6, 6.07) is 4.54. The smallest absolute Gasteiger partial charge is 0.150 e. The predicted octanol–water partition coefficient (Wildman–Crippen LogP) is 4.91. The maximum absolute atomic E-state index is 13.8. The second-order valence-electron chi connectivity index (χ2n) is 3.66. The highest BCUT2D eigenvalue weighted by Gasteiger charge is 2.20. The lowest BCUT2D eigenvalue weighted by atomic mass is 10.1. The van der Waals surface area contributed by atoms with Gasteiger partial charge in [0.1, 0.15) is 11.5 Å². The highest BCUT2D eigenvalue weighted by molar-refractivity contribution is 14.1. The van der Waals surface area contributed by atoms with Crippen molar-refractivity contribution in [3.8, 4) is 11.3 Å². The molecule has 18 heavy (non-hydrogen) atoms. The predicted molar refractivity (Wildman–Crippen MR) is 78.7 cm³/mol. The summed E-state index contributed by atoms with van der Waals surface area (Å²) in [5, 5.41) is 4.23. The number of benzene rings is 1. The van der Waals surface area contributed by atoms with Gasteiger partial charge in [0.25, 0.3) is 0 Å². The molecule has 0 aliphatic heterocycles. The van der Waals surface area contributed by atoms with E-state index in [2.05, 4.69) is 27.7 Å². The summed E-state index contributed by atoms with van der Waals surface area (Å²) in [5.41, 5.74) is 0.729. The first-order valence-electron chi connectivity index (χ1n) is 5.29. The van der Waals surface area contributed by atoms with E-state index >= 15 is 0 Å². The highest BCUT2D eigenvalue weighted by atomic mass is 127. The molecule has 2 rings (SSSR count). The van der Waals surface area contributed by atoms with E-state index in [9.17, 15) is 4.39 Å². The van der Waals surface area contributed by atoms with E-state index in [0.717, 1.165) is 9.99 Å². The summed E-state index contributed by atoms with van der Waals surface area (Å²) in [4.78, 5) is 0. The van der Waals surface area contributed by atoms with Gasteiger partial charge in [-0.15, -0.1) is 11.6 Å². The van der Waals surface area contributed by atoms with Gasteiger partial charge in [-0.1, -0.05) is 22.8 Å². The normalized spacial score (nSPS) is 10.9. The second-order valence-corrected chi connectivity index (χ2v) is 5.52. The number of nitrogens with zero attached hydrogens (tertiary/aromatic N) is 1. The number of aromatic nitrogens is 1. The summed E-state index contributed by atoms with van der Waals surface area (Å²) in [7, 11) is 0. The van der Waals surface area contributed by atoms with Gasteiger partial charge in [-0.2, -0.15) is 0 Å². The first-order valence-corrected chi connectivity index (χ1v) is 7.28. The largest absolute Gasteiger partial charge is 0.360 e. The topological polar surface area (TPSA) is 26.0 Å². The van der Waals surface area contributed by atoms with E-state index in [0.29, 0.717) is 28.8 Å². The molecule has 0 N–H and O–H groups in total. The molecule has 0 saturated carbocycles. The summed E-state index contributed by atoms with van der Waals surface area (Å²) in [6.07, 6.45) is 1.47. The van der Waals surface area contributed by atoms with Crippen molar-refractivity contribution in [2.75, 3.05) is 5.88 Å². The van der Waals surface area contributed by atoms with Gasteiger partial charge in [0.05, 0.1) is 14.2 Å².